The molecular weight excluding hydrogens is 321 g/mol. The molecule has 3 atom stereocenters. The van der Waals surface area contributed by atoms with Gasteiger partial charge in [-0.3, -0.25) is 4.68 Å². The lowest BCUT2D eigenvalue weighted by molar-refractivity contribution is 0.583. The molecule has 2 aromatic heterocycles. The predicted octanol–water partition coefficient (Wildman–Crippen LogP) is 1.30. The van der Waals surface area contributed by atoms with Crippen molar-refractivity contribution in [2.75, 3.05) is 23.3 Å². The molecule has 2 aliphatic rings. The van der Waals surface area contributed by atoms with Gasteiger partial charge in [0.25, 0.3) is 0 Å². The summed E-state index contributed by atoms with van der Waals surface area (Å²) in [5.74, 6) is 1.17. The van der Waals surface area contributed by atoms with Crippen LogP contribution in [0.3, 0.4) is 0 Å². The van der Waals surface area contributed by atoms with Gasteiger partial charge < -0.3 is 16.0 Å². The van der Waals surface area contributed by atoms with Gasteiger partial charge in [-0.15, -0.1) is 12.4 Å². The highest BCUT2D eigenvalue weighted by Gasteiger charge is 2.64. The van der Waals surface area contributed by atoms with E-state index in [2.05, 4.69) is 27.3 Å². The van der Waals surface area contributed by atoms with Gasteiger partial charge >= 0.3 is 0 Å². The monoisotopic (exact) mass is 339 g/mol. The number of nitrogens with two attached hydrogens (primary N) is 1. The third-order valence-corrected chi connectivity index (χ3v) is 4.90. The van der Waals surface area contributed by atoms with Crippen molar-refractivity contribution in [3.63, 3.8) is 0 Å². The van der Waals surface area contributed by atoms with Crippen LogP contribution in [0.15, 0.2) is 18.6 Å². The standard InChI is InChI=1S/C14H18FN7.ClH/c1-8-10-6-22(7-14(8,10)16)12-11(15)4-17-13(20-12)19-9-3-18-21(2)5-9;/h3-5,8,10H,6-7,16H2,1-2H3,(H,17,19,20);1H/t8-,10+,14+;/m1./s1. The number of aromatic nitrogens is 4. The number of aryl methyl sites for hydroxylation is 1. The van der Waals surface area contributed by atoms with Crippen molar-refractivity contribution in [3.05, 3.63) is 24.4 Å². The molecule has 0 spiro atoms. The van der Waals surface area contributed by atoms with Crippen LogP contribution in [0.1, 0.15) is 6.92 Å². The van der Waals surface area contributed by atoms with Gasteiger partial charge in [-0.25, -0.2) is 9.37 Å². The van der Waals surface area contributed by atoms with E-state index in [9.17, 15) is 4.39 Å². The van der Waals surface area contributed by atoms with Crippen LogP contribution in [-0.4, -0.2) is 38.4 Å². The van der Waals surface area contributed by atoms with E-state index in [1.807, 2.05) is 11.9 Å². The molecule has 1 saturated carbocycles. The highest BCUT2D eigenvalue weighted by molar-refractivity contribution is 5.85. The zero-order valence-corrected chi connectivity index (χ0v) is 13.7. The molecule has 1 aliphatic carbocycles. The van der Waals surface area contributed by atoms with Gasteiger partial charge in [-0.05, 0) is 5.92 Å². The topological polar surface area (TPSA) is 84.9 Å². The van der Waals surface area contributed by atoms with Crippen molar-refractivity contribution < 1.29 is 4.39 Å². The van der Waals surface area contributed by atoms with Crippen LogP contribution in [0, 0.1) is 17.7 Å². The number of hydrogen-bond donors (Lipinski definition) is 2. The van der Waals surface area contributed by atoms with Gasteiger partial charge in [0, 0.05) is 37.8 Å². The summed E-state index contributed by atoms with van der Waals surface area (Å²) in [7, 11) is 1.82. The summed E-state index contributed by atoms with van der Waals surface area (Å²) < 4.78 is 15.7. The average molecular weight is 340 g/mol. The second-order valence-corrected chi connectivity index (χ2v) is 6.28. The predicted molar refractivity (Wildman–Crippen MR) is 87.5 cm³/mol. The first kappa shape index (κ1) is 15.9. The number of rotatable bonds is 3. The number of hydrogen-bond acceptors (Lipinski definition) is 6. The third-order valence-electron chi connectivity index (χ3n) is 4.90. The first-order valence-corrected chi connectivity index (χ1v) is 7.29. The SMILES string of the molecule is C[C@@H]1[C@@H]2CN(c3nc(Nc4cnn(C)c4)ncc3F)C[C@]12N.Cl. The smallest absolute Gasteiger partial charge is 0.229 e. The van der Waals surface area contributed by atoms with Crippen molar-refractivity contribution in [1.82, 2.24) is 19.7 Å². The normalized spacial score (nSPS) is 28.3. The van der Waals surface area contributed by atoms with Gasteiger partial charge in [0.2, 0.25) is 5.95 Å². The van der Waals surface area contributed by atoms with Crippen molar-refractivity contribution in [2.45, 2.75) is 12.5 Å². The number of halogens is 2. The molecule has 23 heavy (non-hydrogen) atoms. The molecule has 7 nitrogen and oxygen atoms in total. The maximum atomic E-state index is 14.1. The Labute approximate surface area is 139 Å². The molecule has 0 bridgehead atoms. The Balaban J connectivity index is 0.00000156. The molecule has 3 N–H and O–H groups in total. The Morgan fingerprint density at radius 2 is 2.22 bits per heavy atom. The molecule has 9 heteroatoms. The van der Waals surface area contributed by atoms with Gasteiger partial charge in [0.05, 0.1) is 18.1 Å². The first-order valence-electron chi connectivity index (χ1n) is 7.29. The van der Waals surface area contributed by atoms with E-state index >= 15 is 0 Å². The van der Waals surface area contributed by atoms with Crippen LogP contribution < -0.4 is 16.0 Å². The maximum Gasteiger partial charge on any atom is 0.229 e. The molecule has 1 saturated heterocycles. The molecular formula is C14H19ClFN7. The summed E-state index contributed by atoms with van der Waals surface area (Å²) in [6, 6.07) is 0. The highest BCUT2D eigenvalue weighted by Crippen LogP contribution is 2.53. The van der Waals surface area contributed by atoms with Crippen LogP contribution in [0.2, 0.25) is 0 Å². The van der Waals surface area contributed by atoms with E-state index < -0.39 is 5.82 Å². The zero-order valence-electron chi connectivity index (χ0n) is 12.9. The molecule has 0 radical (unpaired) electrons. The highest BCUT2D eigenvalue weighted by atomic mass is 35.5. The van der Waals surface area contributed by atoms with E-state index in [0.29, 0.717) is 30.1 Å². The van der Waals surface area contributed by atoms with E-state index in [0.717, 1.165) is 12.2 Å². The molecule has 0 unspecified atom stereocenters. The van der Waals surface area contributed by atoms with Crippen LogP contribution >= 0.6 is 12.4 Å². The fourth-order valence-electron chi connectivity index (χ4n) is 3.39. The van der Waals surface area contributed by atoms with Crippen molar-refractivity contribution in [1.29, 1.82) is 0 Å². The van der Waals surface area contributed by atoms with Gasteiger partial charge in [-0.1, -0.05) is 6.92 Å². The van der Waals surface area contributed by atoms with Crippen LogP contribution in [0.5, 0.6) is 0 Å². The summed E-state index contributed by atoms with van der Waals surface area (Å²) in [5, 5.41) is 7.09. The summed E-state index contributed by atoms with van der Waals surface area (Å²) in [5.41, 5.74) is 6.87. The zero-order chi connectivity index (χ0) is 15.5. The lowest BCUT2D eigenvalue weighted by atomic mass is 10.2. The van der Waals surface area contributed by atoms with E-state index in [1.54, 1.807) is 17.1 Å². The van der Waals surface area contributed by atoms with Crippen LogP contribution in [-0.2, 0) is 7.05 Å². The Morgan fingerprint density at radius 3 is 2.83 bits per heavy atom. The second kappa shape index (κ2) is 5.31. The van der Waals surface area contributed by atoms with Gasteiger partial charge in [0.15, 0.2) is 11.6 Å². The average Bonchev–Trinajstić information content (AvgIpc) is 2.87. The Morgan fingerprint density at radius 1 is 1.43 bits per heavy atom. The van der Waals surface area contributed by atoms with Crippen molar-refractivity contribution in [2.24, 2.45) is 24.6 Å². The van der Waals surface area contributed by atoms with Gasteiger partial charge in [0.1, 0.15) is 0 Å². The first-order chi connectivity index (χ1) is 10.5. The largest absolute Gasteiger partial charge is 0.352 e. The second-order valence-electron chi connectivity index (χ2n) is 6.28. The van der Waals surface area contributed by atoms with E-state index in [-0.39, 0.29) is 17.9 Å². The summed E-state index contributed by atoms with van der Waals surface area (Å²) in [4.78, 5) is 10.2. The molecule has 4 rings (SSSR count). The lowest BCUT2D eigenvalue weighted by Gasteiger charge is -2.22. The molecule has 0 amide bonds. The number of nitrogens with one attached hydrogen (secondary N) is 1. The van der Waals surface area contributed by atoms with Crippen molar-refractivity contribution in [3.8, 4) is 0 Å². The quantitative estimate of drug-likeness (QED) is 0.876. The molecule has 2 aromatic rings. The fourth-order valence-corrected chi connectivity index (χ4v) is 3.39. The molecule has 3 heterocycles. The van der Waals surface area contributed by atoms with Crippen LogP contribution in [0.25, 0.3) is 0 Å². The van der Waals surface area contributed by atoms with Gasteiger partial charge in [-0.2, -0.15) is 10.1 Å². The number of anilines is 3. The molecule has 2 fully saturated rings. The van der Waals surface area contributed by atoms with E-state index in [4.69, 9.17) is 5.73 Å². The lowest BCUT2D eigenvalue weighted by Crippen LogP contribution is -2.36. The van der Waals surface area contributed by atoms with Crippen LogP contribution in [0.4, 0.5) is 21.8 Å². The van der Waals surface area contributed by atoms with Crippen molar-refractivity contribution >= 4 is 29.9 Å². The summed E-state index contributed by atoms with van der Waals surface area (Å²) in [6.45, 7) is 3.53. The fraction of sp³-hybridized carbons (Fsp3) is 0.500. The summed E-state index contributed by atoms with van der Waals surface area (Å²) >= 11 is 0. The minimum Gasteiger partial charge on any atom is -0.352 e. The molecule has 124 valence electrons. The maximum absolute atomic E-state index is 14.1. The molecule has 1 aliphatic heterocycles. The Hall–Kier alpha value is -1.93. The third kappa shape index (κ3) is 2.51. The minimum absolute atomic E-state index is 0. The Kier molecular flexibility index (Phi) is 3.68. The minimum atomic E-state index is -0.422. The summed E-state index contributed by atoms with van der Waals surface area (Å²) in [6.07, 6.45) is 4.65. The van der Waals surface area contributed by atoms with E-state index in [1.165, 1.54) is 6.20 Å². The number of piperidine rings is 1. The Bertz CT molecular complexity index is 736. The number of nitrogens with zero attached hydrogens (tertiary/aromatic N) is 5. The molecule has 0 aromatic carbocycles. The number of fused-ring (bicyclic) bond motifs is 1.